The Kier molecular flexibility index (Phi) is 12.1. The Morgan fingerprint density at radius 3 is 2.16 bits per heavy atom. The standard InChI is InChI=1S/C36H57N5O7S/c1-11-13-17-24(27(42)30(44)37-20-12-2)38-29(43)26-25-23(35(25,9)10)21-41(26)31(45)28(33(3,4)5)39-32(46)40-36(18-15-14-16-19-36)22-49(47,48)34(6,7)8/h1,12,23-26,28H,2,13-22H2,3-10H3,(H,37,44)(H,38,43)(H2,39,40,46)/t23-,24?,25-,26-,28+/m0/s1. The quantitative estimate of drug-likeness (QED) is 0.130. The maximum absolute atomic E-state index is 14.4. The zero-order chi connectivity index (χ0) is 37.2. The van der Waals surface area contributed by atoms with Crippen LogP contribution >= 0.6 is 0 Å². The van der Waals surface area contributed by atoms with Gasteiger partial charge in [0.25, 0.3) is 5.91 Å². The number of nitrogens with zero attached hydrogens (tertiary/aromatic N) is 1. The maximum atomic E-state index is 14.4. The molecule has 274 valence electrons. The molecule has 0 aromatic carbocycles. The van der Waals surface area contributed by atoms with Crippen molar-refractivity contribution in [2.24, 2.45) is 22.7 Å². The molecule has 1 saturated heterocycles. The fraction of sp³-hybridized carbons (Fsp3) is 0.750. The van der Waals surface area contributed by atoms with E-state index in [0.717, 1.165) is 19.3 Å². The molecule has 5 atom stereocenters. The first-order chi connectivity index (χ1) is 22.5. The topological polar surface area (TPSA) is 171 Å². The van der Waals surface area contributed by atoms with Gasteiger partial charge in [0, 0.05) is 19.5 Å². The minimum absolute atomic E-state index is 0.0190. The summed E-state index contributed by atoms with van der Waals surface area (Å²) in [5.41, 5.74) is -2.00. The minimum Gasteiger partial charge on any atom is -0.346 e. The van der Waals surface area contributed by atoms with Crippen LogP contribution in [0.1, 0.15) is 100 Å². The summed E-state index contributed by atoms with van der Waals surface area (Å²) in [6.45, 7) is 18.3. The van der Waals surface area contributed by atoms with Crippen molar-refractivity contribution in [2.75, 3.05) is 18.8 Å². The lowest BCUT2D eigenvalue weighted by Gasteiger charge is -2.41. The van der Waals surface area contributed by atoms with Crippen LogP contribution in [-0.4, -0.2) is 90.1 Å². The summed E-state index contributed by atoms with van der Waals surface area (Å²) in [4.78, 5) is 69.1. The molecule has 13 heteroatoms. The number of hydrogen-bond acceptors (Lipinski definition) is 7. The van der Waals surface area contributed by atoms with Crippen LogP contribution in [0.5, 0.6) is 0 Å². The first kappa shape index (κ1) is 40.0. The SMILES string of the molecule is C#CCCC(NC(=O)[C@@H]1[C@@H]2[C@H](CN1C(=O)[C@@H](NC(=O)NC1(CS(=O)(=O)C(C)(C)C)CCCCC1)C(C)(C)C)C2(C)C)C(=O)C(=O)NCC=C. The van der Waals surface area contributed by atoms with E-state index >= 15 is 0 Å². The summed E-state index contributed by atoms with van der Waals surface area (Å²) < 4.78 is 25.6. The van der Waals surface area contributed by atoms with Crippen molar-refractivity contribution < 1.29 is 32.4 Å². The van der Waals surface area contributed by atoms with Crippen LogP contribution in [0.4, 0.5) is 4.79 Å². The number of carbonyl (C=O) groups excluding carboxylic acids is 5. The number of Topliss-reactive ketones (excluding diaryl/α,β-unsaturated/α-hetero) is 1. The second-order valence-corrected chi connectivity index (χ2v) is 19.4. The molecule has 12 nitrogen and oxygen atoms in total. The van der Waals surface area contributed by atoms with Crippen LogP contribution in [0, 0.1) is 35.0 Å². The Labute approximate surface area is 292 Å². The van der Waals surface area contributed by atoms with E-state index in [-0.39, 0.29) is 48.9 Å². The van der Waals surface area contributed by atoms with Gasteiger partial charge in [0.2, 0.25) is 17.6 Å². The molecule has 1 heterocycles. The van der Waals surface area contributed by atoms with E-state index in [9.17, 15) is 32.4 Å². The van der Waals surface area contributed by atoms with Gasteiger partial charge in [0.1, 0.15) is 12.1 Å². The second-order valence-electron chi connectivity index (χ2n) is 16.7. The smallest absolute Gasteiger partial charge is 0.315 e. The molecule has 3 aliphatic rings. The van der Waals surface area contributed by atoms with Gasteiger partial charge in [-0.1, -0.05) is 60.0 Å². The van der Waals surface area contributed by atoms with Gasteiger partial charge in [-0.05, 0) is 62.7 Å². The average Bonchev–Trinajstić information content (AvgIpc) is 3.30. The molecule has 0 bridgehead atoms. The van der Waals surface area contributed by atoms with Gasteiger partial charge in [-0.15, -0.1) is 18.9 Å². The summed E-state index contributed by atoms with van der Waals surface area (Å²) in [5.74, 6) is -0.684. The van der Waals surface area contributed by atoms with E-state index < -0.39 is 73.2 Å². The van der Waals surface area contributed by atoms with Gasteiger partial charge in [-0.3, -0.25) is 19.2 Å². The van der Waals surface area contributed by atoms with Crippen molar-refractivity contribution in [3.8, 4) is 12.3 Å². The van der Waals surface area contributed by atoms with Crippen LogP contribution in [-0.2, 0) is 29.0 Å². The number of rotatable bonds is 13. The molecule has 1 unspecified atom stereocenters. The lowest BCUT2D eigenvalue weighted by molar-refractivity contribution is -0.145. The van der Waals surface area contributed by atoms with Crippen LogP contribution in [0.25, 0.3) is 0 Å². The van der Waals surface area contributed by atoms with Gasteiger partial charge in [-0.25, -0.2) is 13.2 Å². The van der Waals surface area contributed by atoms with Gasteiger partial charge in [0.15, 0.2) is 9.84 Å². The Morgan fingerprint density at radius 1 is 1.02 bits per heavy atom. The number of nitrogens with one attached hydrogen (secondary N) is 4. The summed E-state index contributed by atoms with van der Waals surface area (Å²) >= 11 is 0. The number of likely N-dealkylation sites (tertiary alicyclic amines) is 1. The molecule has 1 aliphatic heterocycles. The van der Waals surface area contributed by atoms with Crippen LogP contribution < -0.4 is 21.3 Å². The largest absolute Gasteiger partial charge is 0.346 e. The molecule has 2 aliphatic carbocycles. The Bertz CT molecular complexity index is 1460. The van der Waals surface area contributed by atoms with E-state index in [1.54, 1.807) is 20.8 Å². The molecule has 0 radical (unpaired) electrons. The summed E-state index contributed by atoms with van der Waals surface area (Å²) in [6, 6.07) is -3.84. The maximum Gasteiger partial charge on any atom is 0.315 e. The van der Waals surface area contributed by atoms with Crippen molar-refractivity contribution in [3.05, 3.63) is 12.7 Å². The Hall–Kier alpha value is -3.40. The molecule has 3 fully saturated rings. The van der Waals surface area contributed by atoms with E-state index in [1.165, 1.54) is 11.0 Å². The van der Waals surface area contributed by atoms with E-state index in [4.69, 9.17) is 6.42 Å². The molecular formula is C36H57N5O7S. The number of ketones is 1. The highest BCUT2D eigenvalue weighted by Gasteiger charge is 2.70. The summed E-state index contributed by atoms with van der Waals surface area (Å²) in [5, 5.41) is 11.0. The van der Waals surface area contributed by atoms with Crippen LogP contribution in [0.3, 0.4) is 0 Å². The summed E-state index contributed by atoms with van der Waals surface area (Å²) in [7, 11) is -3.58. The first-order valence-corrected chi connectivity index (χ1v) is 19.0. The number of hydrogen-bond donors (Lipinski definition) is 4. The fourth-order valence-electron chi connectivity index (χ4n) is 7.31. The number of amides is 5. The fourth-order valence-corrected chi connectivity index (χ4v) is 8.84. The molecular weight excluding hydrogens is 646 g/mol. The third-order valence-corrected chi connectivity index (χ3v) is 13.4. The third kappa shape index (κ3) is 9.04. The highest BCUT2D eigenvalue weighted by Crippen LogP contribution is 2.65. The molecule has 0 aromatic rings. The van der Waals surface area contributed by atoms with Crippen LogP contribution in [0.15, 0.2) is 12.7 Å². The van der Waals surface area contributed by atoms with Crippen molar-refractivity contribution in [2.45, 2.75) is 129 Å². The van der Waals surface area contributed by atoms with E-state index in [1.807, 2.05) is 34.6 Å². The number of terminal acetylenes is 1. The molecule has 3 rings (SSSR count). The molecule has 0 aromatic heterocycles. The number of sulfone groups is 1. The van der Waals surface area contributed by atoms with Gasteiger partial charge < -0.3 is 26.2 Å². The molecule has 2 saturated carbocycles. The molecule has 0 spiro atoms. The predicted octanol–water partition coefficient (Wildman–Crippen LogP) is 2.87. The average molecular weight is 704 g/mol. The lowest BCUT2D eigenvalue weighted by Crippen LogP contribution is -2.64. The second kappa shape index (κ2) is 14.8. The van der Waals surface area contributed by atoms with Crippen molar-refractivity contribution in [1.29, 1.82) is 0 Å². The number of urea groups is 1. The number of fused-ring (bicyclic) bond motifs is 1. The number of carbonyl (C=O) groups is 5. The summed E-state index contributed by atoms with van der Waals surface area (Å²) in [6.07, 6.45) is 10.5. The predicted molar refractivity (Wildman–Crippen MR) is 189 cm³/mol. The van der Waals surface area contributed by atoms with E-state index in [0.29, 0.717) is 12.8 Å². The van der Waals surface area contributed by atoms with Crippen molar-refractivity contribution >= 4 is 39.4 Å². The highest BCUT2D eigenvalue weighted by molar-refractivity contribution is 7.92. The van der Waals surface area contributed by atoms with Crippen molar-refractivity contribution in [1.82, 2.24) is 26.2 Å². The van der Waals surface area contributed by atoms with Gasteiger partial charge in [0.05, 0.1) is 22.1 Å². The first-order valence-electron chi connectivity index (χ1n) is 17.3. The molecule has 49 heavy (non-hydrogen) atoms. The van der Waals surface area contributed by atoms with Crippen LogP contribution in [0.2, 0.25) is 0 Å². The zero-order valence-electron chi connectivity index (χ0n) is 30.5. The Morgan fingerprint density at radius 2 is 1.63 bits per heavy atom. The minimum atomic E-state index is -3.58. The monoisotopic (exact) mass is 703 g/mol. The van der Waals surface area contributed by atoms with Crippen molar-refractivity contribution in [3.63, 3.8) is 0 Å². The lowest BCUT2D eigenvalue weighted by atomic mass is 9.83. The van der Waals surface area contributed by atoms with E-state index in [2.05, 4.69) is 33.8 Å². The molecule has 4 N–H and O–H groups in total. The third-order valence-electron chi connectivity index (χ3n) is 10.6. The van der Waals surface area contributed by atoms with Gasteiger partial charge in [-0.2, -0.15) is 0 Å². The van der Waals surface area contributed by atoms with Gasteiger partial charge >= 0.3 is 6.03 Å². The number of piperidine rings is 1. The zero-order valence-corrected chi connectivity index (χ0v) is 31.3. The Balaban J connectivity index is 1.87. The highest BCUT2D eigenvalue weighted by atomic mass is 32.2. The normalized spacial score (nSPS) is 23.9. The molecule has 5 amide bonds.